The Hall–Kier alpha value is -0.650. The van der Waals surface area contributed by atoms with Gasteiger partial charge in [0, 0.05) is 38.8 Å². The number of hydrogen-bond acceptors (Lipinski definition) is 4. The molecule has 0 bridgehead atoms. The maximum Gasteiger partial charge on any atom is 0.516 e. The molecule has 0 spiro atoms. The average Bonchev–Trinajstić information content (AvgIpc) is 2.39. The Morgan fingerprint density at radius 3 is 2.20 bits per heavy atom. The van der Waals surface area contributed by atoms with Crippen molar-refractivity contribution >= 4 is 6.09 Å². The summed E-state index contributed by atoms with van der Waals surface area (Å²) in [7, 11) is 0. The number of aliphatic hydroxyl groups excluding tert-OH is 1. The zero-order valence-corrected chi connectivity index (χ0v) is 13.0. The van der Waals surface area contributed by atoms with Gasteiger partial charge in [0.25, 0.3) is 0 Å². The maximum absolute atomic E-state index is 12.8. The summed E-state index contributed by atoms with van der Waals surface area (Å²) >= 11 is 0. The summed E-state index contributed by atoms with van der Waals surface area (Å²) in [6.07, 6.45) is 3.05. The van der Waals surface area contributed by atoms with Gasteiger partial charge in [-0.2, -0.15) is 4.79 Å². The van der Waals surface area contributed by atoms with Crippen LogP contribution in [-0.4, -0.2) is 59.6 Å². The number of likely N-dealkylation sites (tertiary alicyclic amines) is 1. The van der Waals surface area contributed by atoms with Gasteiger partial charge in [-0.15, -0.1) is 0 Å². The van der Waals surface area contributed by atoms with Crippen molar-refractivity contribution in [3.05, 3.63) is 0 Å². The summed E-state index contributed by atoms with van der Waals surface area (Å²) in [5.41, 5.74) is -0.453. The van der Waals surface area contributed by atoms with Crippen LogP contribution in [0.3, 0.4) is 0 Å². The second-order valence-corrected chi connectivity index (χ2v) is 7.17. The van der Waals surface area contributed by atoms with E-state index in [2.05, 4.69) is 5.32 Å². The van der Waals surface area contributed by atoms with Gasteiger partial charge in [-0.1, -0.05) is 0 Å². The molecule has 0 aromatic rings. The van der Waals surface area contributed by atoms with Crippen LogP contribution in [0.25, 0.3) is 0 Å². The largest absolute Gasteiger partial charge is 0.516 e. The normalized spacial score (nSPS) is 32.9. The molecule has 20 heavy (non-hydrogen) atoms. The molecule has 0 atom stereocenters. The van der Waals surface area contributed by atoms with Crippen molar-refractivity contribution in [1.29, 1.82) is 0 Å². The number of ether oxygens (including phenoxy) is 1. The first-order valence-corrected chi connectivity index (χ1v) is 7.82. The molecule has 0 aromatic heterocycles. The number of nitrogens with zero attached hydrogens (tertiary/aromatic N) is 1. The number of carbonyl (C=O) groups is 1. The first kappa shape index (κ1) is 15.7. The number of rotatable bonds is 1. The van der Waals surface area contributed by atoms with Gasteiger partial charge in [-0.3, -0.25) is 0 Å². The molecule has 0 unspecified atom stereocenters. The Kier molecular flexibility index (Phi) is 4.72. The highest BCUT2D eigenvalue weighted by atomic mass is 16.6. The molecule has 2 N–H and O–H groups in total. The quantitative estimate of drug-likeness (QED) is 0.719. The summed E-state index contributed by atoms with van der Waals surface area (Å²) in [6.45, 7) is 9.11. The van der Waals surface area contributed by atoms with Gasteiger partial charge >= 0.3 is 6.09 Å². The molecule has 5 heteroatoms. The average molecular weight is 285 g/mol. The summed E-state index contributed by atoms with van der Waals surface area (Å²) in [4.78, 5) is 12.8. The Balaban J connectivity index is 2.17. The smallest absolute Gasteiger partial charge is 0.414 e. The lowest BCUT2D eigenvalue weighted by atomic mass is 9.96. The third kappa shape index (κ3) is 3.51. The van der Waals surface area contributed by atoms with Gasteiger partial charge in [0.1, 0.15) is 11.6 Å². The number of carbonyl (C=O) groups excluding carboxylic acids is 1. The highest BCUT2D eigenvalue weighted by Gasteiger charge is 2.49. The van der Waals surface area contributed by atoms with E-state index in [9.17, 15) is 9.90 Å². The monoisotopic (exact) mass is 285 g/mol. The number of aliphatic hydroxyl groups is 1. The van der Waals surface area contributed by atoms with Gasteiger partial charge in [0.2, 0.25) is 0 Å². The third-order valence-corrected chi connectivity index (χ3v) is 4.49. The Morgan fingerprint density at radius 2 is 1.70 bits per heavy atom. The van der Waals surface area contributed by atoms with E-state index in [4.69, 9.17) is 4.74 Å². The van der Waals surface area contributed by atoms with E-state index >= 15 is 0 Å². The lowest BCUT2D eigenvalue weighted by molar-refractivity contribution is -0.890. The molecule has 116 valence electrons. The zero-order chi connectivity index (χ0) is 14.8. The van der Waals surface area contributed by atoms with Crippen LogP contribution in [-0.2, 0) is 4.74 Å². The van der Waals surface area contributed by atoms with E-state index in [0.29, 0.717) is 36.5 Å². The second-order valence-electron chi connectivity index (χ2n) is 7.17. The van der Waals surface area contributed by atoms with E-state index in [1.54, 1.807) is 0 Å². The topological polar surface area (TPSA) is 58.6 Å². The van der Waals surface area contributed by atoms with Crippen LogP contribution in [0, 0.1) is 0 Å². The van der Waals surface area contributed by atoms with Crippen molar-refractivity contribution in [2.75, 3.05) is 26.2 Å². The maximum atomic E-state index is 12.8. The minimum atomic E-state index is -0.453. The Bertz CT molecular complexity index is 338. The minimum absolute atomic E-state index is 0.101. The molecule has 0 radical (unpaired) electrons. The fourth-order valence-electron chi connectivity index (χ4n) is 3.37. The highest BCUT2D eigenvalue weighted by molar-refractivity contribution is 5.60. The van der Waals surface area contributed by atoms with E-state index in [-0.39, 0.29) is 12.2 Å². The van der Waals surface area contributed by atoms with Crippen LogP contribution in [0.5, 0.6) is 0 Å². The second kappa shape index (κ2) is 6.00. The van der Waals surface area contributed by atoms with Crippen molar-refractivity contribution in [3.63, 3.8) is 0 Å². The van der Waals surface area contributed by atoms with Crippen molar-refractivity contribution in [3.8, 4) is 0 Å². The van der Waals surface area contributed by atoms with Crippen molar-refractivity contribution < 1.29 is 19.1 Å². The summed E-state index contributed by atoms with van der Waals surface area (Å²) in [5, 5.41) is 13.1. The molecular weight excluding hydrogens is 256 g/mol. The number of amides is 1. The predicted octanol–water partition coefficient (Wildman–Crippen LogP) is 1.64. The van der Waals surface area contributed by atoms with Crippen LogP contribution < -0.4 is 5.32 Å². The molecule has 0 saturated carbocycles. The highest BCUT2D eigenvalue weighted by Crippen LogP contribution is 2.30. The standard InChI is InChI=1S/C15H29N2O3/c1-15(2,3)20-14(19)17(10-6-13(18)7-11-17)12-4-8-16-9-5-12/h12-13,16,18H,4-11H2,1-3H3/q+1. The van der Waals surface area contributed by atoms with Gasteiger partial charge in [0.15, 0.2) is 0 Å². The minimum Gasteiger partial charge on any atom is -0.414 e. The van der Waals surface area contributed by atoms with Crippen molar-refractivity contribution in [1.82, 2.24) is 5.32 Å². The zero-order valence-electron chi connectivity index (χ0n) is 13.0. The first-order valence-electron chi connectivity index (χ1n) is 7.82. The third-order valence-electron chi connectivity index (χ3n) is 4.49. The van der Waals surface area contributed by atoms with Gasteiger partial charge in [0.05, 0.1) is 19.2 Å². The summed E-state index contributed by atoms with van der Waals surface area (Å²) in [6, 6.07) is 0.332. The summed E-state index contributed by atoms with van der Waals surface area (Å²) < 4.78 is 6.11. The SMILES string of the molecule is CC(C)(C)OC(=O)[N+]1(C2CCNCC2)CCC(O)CC1. The van der Waals surface area contributed by atoms with E-state index in [1.165, 1.54) is 0 Å². The molecule has 2 heterocycles. The van der Waals surface area contributed by atoms with E-state index in [1.807, 2.05) is 20.8 Å². The van der Waals surface area contributed by atoms with Crippen molar-refractivity contribution in [2.45, 2.75) is 64.2 Å². The number of quaternary nitrogens is 1. The van der Waals surface area contributed by atoms with Crippen LogP contribution >= 0.6 is 0 Å². The number of piperidine rings is 2. The van der Waals surface area contributed by atoms with Crippen LogP contribution in [0.15, 0.2) is 0 Å². The number of hydrogen-bond donors (Lipinski definition) is 2. The molecule has 5 nitrogen and oxygen atoms in total. The van der Waals surface area contributed by atoms with Crippen LogP contribution in [0.1, 0.15) is 46.5 Å². The molecule has 0 aliphatic carbocycles. The molecule has 2 fully saturated rings. The Morgan fingerprint density at radius 1 is 1.15 bits per heavy atom. The summed E-state index contributed by atoms with van der Waals surface area (Å²) in [5.74, 6) is 0. The van der Waals surface area contributed by atoms with Crippen LogP contribution in [0.4, 0.5) is 4.79 Å². The number of nitrogens with one attached hydrogen (secondary N) is 1. The van der Waals surface area contributed by atoms with Crippen molar-refractivity contribution in [2.24, 2.45) is 0 Å². The predicted molar refractivity (Wildman–Crippen MR) is 77.4 cm³/mol. The molecular formula is C15H29N2O3+. The Labute approximate surface area is 121 Å². The van der Waals surface area contributed by atoms with Crippen LogP contribution in [0.2, 0.25) is 0 Å². The lowest BCUT2D eigenvalue weighted by Gasteiger charge is -2.46. The molecule has 2 saturated heterocycles. The molecule has 2 rings (SSSR count). The fourth-order valence-corrected chi connectivity index (χ4v) is 3.37. The van der Waals surface area contributed by atoms with Gasteiger partial charge in [-0.05, 0) is 20.8 Å². The van der Waals surface area contributed by atoms with E-state index in [0.717, 1.165) is 25.9 Å². The first-order chi connectivity index (χ1) is 9.33. The molecule has 0 aromatic carbocycles. The van der Waals surface area contributed by atoms with E-state index < -0.39 is 5.60 Å². The molecule has 1 amide bonds. The molecule has 2 aliphatic rings. The molecule has 2 aliphatic heterocycles. The fraction of sp³-hybridized carbons (Fsp3) is 0.933. The lowest BCUT2D eigenvalue weighted by Crippen LogP contribution is -2.65. The van der Waals surface area contributed by atoms with Gasteiger partial charge in [-0.25, -0.2) is 4.48 Å². The van der Waals surface area contributed by atoms with Gasteiger partial charge < -0.3 is 15.2 Å².